The fourth-order valence-electron chi connectivity index (χ4n) is 1.08. The topological polar surface area (TPSA) is 101 Å². The molecule has 7 nitrogen and oxygen atoms in total. The van der Waals surface area contributed by atoms with E-state index in [2.05, 4.69) is 19.7 Å². The Hall–Kier alpha value is -1.41. The normalized spacial score (nSPS) is 12.4. The van der Waals surface area contributed by atoms with Crippen LogP contribution in [0.25, 0.3) is 0 Å². The van der Waals surface area contributed by atoms with Crippen LogP contribution in [0.1, 0.15) is 13.8 Å². The molecule has 0 bridgehead atoms. The number of aromatic amines is 1. The van der Waals surface area contributed by atoms with E-state index in [9.17, 15) is 13.2 Å². The van der Waals surface area contributed by atoms with E-state index in [1.165, 1.54) is 33.2 Å². The van der Waals surface area contributed by atoms with E-state index in [1.807, 2.05) is 0 Å². The Bertz CT molecular complexity index is 463. The molecule has 90 valence electrons. The SMILES string of the molecule is COC(=O)C(C)(C)NS(=O)(=O)c1ccn[nH]1. The van der Waals surface area contributed by atoms with Gasteiger partial charge in [-0.2, -0.15) is 9.82 Å². The quantitative estimate of drug-likeness (QED) is 0.707. The highest BCUT2D eigenvalue weighted by Crippen LogP contribution is 2.11. The van der Waals surface area contributed by atoms with Crippen molar-refractivity contribution < 1.29 is 17.9 Å². The number of carbonyl (C=O) groups is 1. The van der Waals surface area contributed by atoms with E-state index in [1.54, 1.807) is 0 Å². The molecule has 1 rings (SSSR count). The second-order valence-electron chi connectivity index (χ2n) is 3.64. The molecule has 0 aromatic carbocycles. The maximum atomic E-state index is 11.7. The predicted molar refractivity (Wildman–Crippen MR) is 55.0 cm³/mol. The van der Waals surface area contributed by atoms with Crippen molar-refractivity contribution in [3.8, 4) is 0 Å². The number of hydrogen-bond acceptors (Lipinski definition) is 5. The number of nitrogens with zero attached hydrogens (tertiary/aromatic N) is 1. The van der Waals surface area contributed by atoms with E-state index in [-0.39, 0.29) is 5.03 Å². The summed E-state index contributed by atoms with van der Waals surface area (Å²) in [7, 11) is -2.61. The molecule has 0 atom stereocenters. The monoisotopic (exact) mass is 247 g/mol. The molecule has 0 aliphatic carbocycles. The smallest absolute Gasteiger partial charge is 0.326 e. The molecule has 0 aliphatic rings. The molecular formula is C8H13N3O4S. The number of rotatable bonds is 4. The van der Waals surface area contributed by atoms with Crippen LogP contribution in [-0.4, -0.2) is 37.2 Å². The highest BCUT2D eigenvalue weighted by atomic mass is 32.2. The summed E-state index contributed by atoms with van der Waals surface area (Å²) in [6.07, 6.45) is 1.31. The molecule has 2 N–H and O–H groups in total. The average molecular weight is 247 g/mol. The molecule has 1 aromatic rings. The standard InChI is InChI=1S/C8H13N3O4S/c1-8(2,7(12)15-3)11-16(13,14)6-4-5-9-10-6/h4-5,11H,1-3H3,(H,9,10). The van der Waals surface area contributed by atoms with Gasteiger partial charge in [0, 0.05) is 0 Å². The molecule has 8 heteroatoms. The second-order valence-corrected chi connectivity index (χ2v) is 5.29. The van der Waals surface area contributed by atoms with Crippen molar-refractivity contribution in [3.05, 3.63) is 12.3 Å². The fraction of sp³-hybridized carbons (Fsp3) is 0.500. The molecular weight excluding hydrogens is 234 g/mol. The summed E-state index contributed by atoms with van der Waals surface area (Å²) < 4.78 is 30.2. The number of sulfonamides is 1. The molecule has 0 fully saturated rings. The van der Waals surface area contributed by atoms with Gasteiger partial charge in [-0.3, -0.25) is 9.89 Å². The lowest BCUT2D eigenvalue weighted by Crippen LogP contribution is -2.50. The molecule has 0 aliphatic heterocycles. The Labute approximate surface area is 93.2 Å². The third-order valence-corrected chi connectivity index (χ3v) is 3.44. The molecule has 0 spiro atoms. The van der Waals surface area contributed by atoms with Crippen molar-refractivity contribution in [2.24, 2.45) is 0 Å². The van der Waals surface area contributed by atoms with Gasteiger partial charge in [0.05, 0.1) is 13.3 Å². The summed E-state index contributed by atoms with van der Waals surface area (Å²) >= 11 is 0. The largest absolute Gasteiger partial charge is 0.468 e. The van der Waals surface area contributed by atoms with Gasteiger partial charge in [0.1, 0.15) is 5.54 Å². The molecule has 0 unspecified atom stereocenters. The first-order chi connectivity index (χ1) is 7.29. The highest BCUT2D eigenvalue weighted by Gasteiger charge is 2.34. The zero-order valence-corrected chi connectivity index (χ0v) is 9.96. The second kappa shape index (κ2) is 4.22. The zero-order valence-electron chi connectivity index (χ0n) is 9.14. The van der Waals surface area contributed by atoms with Crippen molar-refractivity contribution in [1.29, 1.82) is 0 Å². The van der Waals surface area contributed by atoms with Crippen LogP contribution in [0.3, 0.4) is 0 Å². The lowest BCUT2D eigenvalue weighted by molar-refractivity contribution is -0.146. The van der Waals surface area contributed by atoms with Crippen LogP contribution < -0.4 is 4.72 Å². The Kier molecular flexibility index (Phi) is 3.34. The van der Waals surface area contributed by atoms with Crippen molar-refractivity contribution in [2.45, 2.75) is 24.4 Å². The first-order valence-corrected chi connectivity index (χ1v) is 5.90. The van der Waals surface area contributed by atoms with Crippen molar-refractivity contribution in [3.63, 3.8) is 0 Å². The number of ether oxygens (including phenoxy) is 1. The Morgan fingerprint density at radius 2 is 2.19 bits per heavy atom. The Balaban J connectivity index is 2.94. The number of hydrogen-bond donors (Lipinski definition) is 2. The minimum absolute atomic E-state index is 0.107. The molecule has 0 amide bonds. The van der Waals surface area contributed by atoms with Gasteiger partial charge < -0.3 is 4.74 Å². The number of nitrogens with one attached hydrogen (secondary N) is 2. The van der Waals surface area contributed by atoms with Crippen molar-refractivity contribution in [2.75, 3.05) is 7.11 Å². The van der Waals surface area contributed by atoms with Crippen LogP contribution in [0.4, 0.5) is 0 Å². The van der Waals surface area contributed by atoms with Crippen LogP contribution in [0.5, 0.6) is 0 Å². The fourth-order valence-corrected chi connectivity index (χ4v) is 2.36. The van der Waals surface area contributed by atoms with Gasteiger partial charge >= 0.3 is 5.97 Å². The van der Waals surface area contributed by atoms with Crippen molar-refractivity contribution >= 4 is 16.0 Å². The average Bonchev–Trinajstić information content (AvgIpc) is 2.68. The van der Waals surface area contributed by atoms with Crippen molar-refractivity contribution in [1.82, 2.24) is 14.9 Å². The van der Waals surface area contributed by atoms with Gasteiger partial charge in [-0.15, -0.1) is 0 Å². The van der Waals surface area contributed by atoms with Crippen LogP contribution in [0.2, 0.25) is 0 Å². The summed E-state index contributed by atoms with van der Waals surface area (Å²) in [6, 6.07) is 1.29. The zero-order chi connectivity index (χ0) is 12.4. The summed E-state index contributed by atoms with van der Waals surface area (Å²) in [6.45, 7) is 2.82. The number of aromatic nitrogens is 2. The molecule has 16 heavy (non-hydrogen) atoms. The number of methoxy groups -OCH3 is 1. The summed E-state index contributed by atoms with van der Waals surface area (Å²) in [4.78, 5) is 11.3. The summed E-state index contributed by atoms with van der Waals surface area (Å²) in [5.74, 6) is -0.671. The molecule has 0 saturated carbocycles. The maximum Gasteiger partial charge on any atom is 0.326 e. The predicted octanol–water partition coefficient (Wildman–Crippen LogP) is -0.360. The van der Waals surface area contributed by atoms with Crippen LogP contribution in [0.15, 0.2) is 17.3 Å². The van der Waals surface area contributed by atoms with Gasteiger partial charge in [0.25, 0.3) is 10.0 Å². The van der Waals surface area contributed by atoms with Gasteiger partial charge in [0.15, 0.2) is 5.03 Å². The van der Waals surface area contributed by atoms with Gasteiger partial charge in [-0.1, -0.05) is 0 Å². The van der Waals surface area contributed by atoms with Crippen LogP contribution >= 0.6 is 0 Å². The molecule has 0 saturated heterocycles. The minimum atomic E-state index is -3.80. The molecule has 0 radical (unpaired) electrons. The molecule has 1 aromatic heterocycles. The third kappa shape index (κ3) is 2.58. The van der Waals surface area contributed by atoms with Crippen LogP contribution in [-0.2, 0) is 19.6 Å². The summed E-state index contributed by atoms with van der Waals surface area (Å²) in [5.41, 5.74) is -1.33. The number of H-pyrrole nitrogens is 1. The van der Waals surface area contributed by atoms with E-state index in [0.717, 1.165) is 0 Å². The van der Waals surface area contributed by atoms with Gasteiger partial charge in [-0.05, 0) is 19.9 Å². The maximum absolute atomic E-state index is 11.7. The third-order valence-electron chi connectivity index (χ3n) is 1.85. The Morgan fingerprint density at radius 1 is 1.56 bits per heavy atom. The van der Waals surface area contributed by atoms with E-state index < -0.39 is 21.5 Å². The van der Waals surface area contributed by atoms with E-state index in [0.29, 0.717) is 0 Å². The van der Waals surface area contributed by atoms with Crippen LogP contribution in [0, 0.1) is 0 Å². The van der Waals surface area contributed by atoms with E-state index in [4.69, 9.17) is 0 Å². The highest BCUT2D eigenvalue weighted by molar-refractivity contribution is 7.89. The minimum Gasteiger partial charge on any atom is -0.468 e. The number of carbonyl (C=O) groups excluding carboxylic acids is 1. The van der Waals surface area contributed by atoms with Gasteiger partial charge in [-0.25, -0.2) is 8.42 Å². The Morgan fingerprint density at radius 3 is 2.62 bits per heavy atom. The number of esters is 1. The lowest BCUT2D eigenvalue weighted by Gasteiger charge is -2.22. The van der Waals surface area contributed by atoms with E-state index >= 15 is 0 Å². The first kappa shape index (κ1) is 12.7. The molecule has 1 heterocycles. The first-order valence-electron chi connectivity index (χ1n) is 4.41. The van der Waals surface area contributed by atoms with Gasteiger partial charge in [0.2, 0.25) is 0 Å². The lowest BCUT2D eigenvalue weighted by atomic mass is 10.1. The summed E-state index contributed by atoms with van der Waals surface area (Å²) in [5, 5.41) is 5.72.